The summed E-state index contributed by atoms with van der Waals surface area (Å²) in [5.41, 5.74) is 3.00. The van der Waals surface area contributed by atoms with Crippen LogP contribution < -0.4 is 5.32 Å². The van der Waals surface area contributed by atoms with Crippen molar-refractivity contribution in [3.05, 3.63) is 107 Å². The Balaban J connectivity index is 1.60. The highest BCUT2D eigenvalue weighted by Crippen LogP contribution is 2.12. The van der Waals surface area contributed by atoms with Gasteiger partial charge in [0.25, 0.3) is 5.91 Å². The van der Waals surface area contributed by atoms with Gasteiger partial charge in [-0.15, -0.1) is 0 Å². The van der Waals surface area contributed by atoms with Crippen molar-refractivity contribution in [3.63, 3.8) is 0 Å². The van der Waals surface area contributed by atoms with Gasteiger partial charge in [0.15, 0.2) is 5.78 Å². The van der Waals surface area contributed by atoms with E-state index in [0.29, 0.717) is 23.2 Å². The van der Waals surface area contributed by atoms with Crippen molar-refractivity contribution in [2.24, 2.45) is 0 Å². The third-order valence-corrected chi connectivity index (χ3v) is 4.99. The number of rotatable bonds is 8. The summed E-state index contributed by atoms with van der Waals surface area (Å²) < 4.78 is 0. The van der Waals surface area contributed by atoms with Crippen molar-refractivity contribution < 1.29 is 9.59 Å². The van der Waals surface area contributed by atoms with Gasteiger partial charge in [0.2, 0.25) is 0 Å². The zero-order chi connectivity index (χ0) is 20.6. The monoisotopic (exact) mass is 386 g/mol. The molecule has 1 N–H and O–H groups in total. The minimum atomic E-state index is -0.136. The Morgan fingerprint density at radius 1 is 0.759 bits per heavy atom. The van der Waals surface area contributed by atoms with Crippen molar-refractivity contribution >= 4 is 11.7 Å². The van der Waals surface area contributed by atoms with Gasteiger partial charge in [0, 0.05) is 29.3 Å². The van der Waals surface area contributed by atoms with Gasteiger partial charge in [0.1, 0.15) is 0 Å². The van der Waals surface area contributed by atoms with Crippen molar-refractivity contribution in [3.8, 4) is 0 Å². The van der Waals surface area contributed by atoms with Gasteiger partial charge in [-0.3, -0.25) is 9.59 Å². The van der Waals surface area contributed by atoms with E-state index in [1.165, 1.54) is 5.56 Å². The van der Waals surface area contributed by atoms with Crippen LogP contribution in [0.5, 0.6) is 0 Å². The molecule has 0 aliphatic heterocycles. The normalized spacial score (nSPS) is 11.8. The van der Waals surface area contributed by atoms with Gasteiger partial charge in [-0.2, -0.15) is 0 Å². The average molecular weight is 386 g/mol. The lowest BCUT2D eigenvalue weighted by Gasteiger charge is -2.24. The van der Waals surface area contributed by atoms with Crippen molar-refractivity contribution in [2.75, 3.05) is 20.6 Å². The van der Waals surface area contributed by atoms with Crippen LogP contribution in [0.25, 0.3) is 0 Å². The first kappa shape index (κ1) is 20.5. The van der Waals surface area contributed by atoms with E-state index in [-0.39, 0.29) is 17.7 Å². The molecule has 0 aliphatic carbocycles. The van der Waals surface area contributed by atoms with Crippen molar-refractivity contribution in [1.82, 2.24) is 10.2 Å². The van der Waals surface area contributed by atoms with E-state index in [1.54, 1.807) is 36.4 Å². The molecule has 0 heterocycles. The topological polar surface area (TPSA) is 49.4 Å². The number of ketones is 1. The van der Waals surface area contributed by atoms with E-state index >= 15 is 0 Å². The van der Waals surface area contributed by atoms with E-state index in [4.69, 9.17) is 0 Å². The van der Waals surface area contributed by atoms with Gasteiger partial charge in [-0.05, 0) is 38.2 Å². The first-order chi connectivity index (χ1) is 14.0. The summed E-state index contributed by atoms with van der Waals surface area (Å²) in [5, 5.41) is 3.02. The van der Waals surface area contributed by atoms with Gasteiger partial charge in [-0.1, -0.05) is 72.8 Å². The van der Waals surface area contributed by atoms with Crippen LogP contribution >= 0.6 is 0 Å². The van der Waals surface area contributed by atoms with E-state index in [0.717, 1.165) is 6.42 Å². The molecule has 3 aromatic rings. The first-order valence-electron chi connectivity index (χ1n) is 9.73. The number of likely N-dealkylation sites (N-methyl/N-ethyl adjacent to an activating group) is 1. The molecule has 1 atom stereocenters. The summed E-state index contributed by atoms with van der Waals surface area (Å²) in [6.07, 6.45) is 0.860. The Morgan fingerprint density at radius 3 is 1.86 bits per heavy atom. The predicted molar refractivity (Wildman–Crippen MR) is 116 cm³/mol. The SMILES string of the molecule is CN(C)[C@H](CNC(=O)c1ccc(C(=O)c2ccccc2)cc1)Cc1ccccc1. The molecular formula is C25H26N2O2. The summed E-state index contributed by atoms with van der Waals surface area (Å²) in [4.78, 5) is 27.2. The molecule has 0 fully saturated rings. The maximum Gasteiger partial charge on any atom is 0.251 e. The van der Waals surface area contributed by atoms with Crippen LogP contribution in [-0.4, -0.2) is 43.3 Å². The summed E-state index contributed by atoms with van der Waals surface area (Å²) in [6.45, 7) is 0.547. The highest BCUT2D eigenvalue weighted by molar-refractivity contribution is 6.09. The number of carbonyl (C=O) groups is 2. The predicted octanol–water partition coefficient (Wildman–Crippen LogP) is 3.82. The largest absolute Gasteiger partial charge is 0.350 e. The summed E-state index contributed by atoms with van der Waals surface area (Å²) in [5.74, 6) is -0.184. The number of carbonyl (C=O) groups excluding carboxylic acids is 2. The van der Waals surface area contributed by atoms with Gasteiger partial charge < -0.3 is 10.2 Å². The quantitative estimate of drug-likeness (QED) is 0.599. The Kier molecular flexibility index (Phi) is 6.93. The third-order valence-electron chi connectivity index (χ3n) is 4.99. The Morgan fingerprint density at radius 2 is 1.28 bits per heavy atom. The van der Waals surface area contributed by atoms with Crippen LogP contribution in [-0.2, 0) is 6.42 Å². The number of hydrogen-bond donors (Lipinski definition) is 1. The Labute approximate surface area is 172 Å². The molecule has 0 aliphatic rings. The fraction of sp³-hybridized carbons (Fsp3) is 0.200. The van der Waals surface area contributed by atoms with Gasteiger partial charge in [-0.25, -0.2) is 0 Å². The lowest BCUT2D eigenvalue weighted by molar-refractivity contribution is 0.0940. The van der Waals surface area contributed by atoms with Crippen LogP contribution in [0.3, 0.4) is 0 Å². The van der Waals surface area contributed by atoms with Crippen molar-refractivity contribution in [2.45, 2.75) is 12.5 Å². The molecule has 4 nitrogen and oxygen atoms in total. The fourth-order valence-electron chi connectivity index (χ4n) is 3.17. The maximum atomic E-state index is 12.6. The first-order valence-corrected chi connectivity index (χ1v) is 9.73. The van der Waals surface area contributed by atoms with Crippen molar-refractivity contribution in [1.29, 1.82) is 0 Å². The van der Waals surface area contributed by atoms with Crippen LogP contribution in [0.15, 0.2) is 84.9 Å². The molecule has 148 valence electrons. The highest BCUT2D eigenvalue weighted by atomic mass is 16.1. The van der Waals surface area contributed by atoms with E-state index in [9.17, 15) is 9.59 Å². The maximum absolute atomic E-state index is 12.6. The minimum Gasteiger partial charge on any atom is -0.350 e. The Bertz CT molecular complexity index is 936. The highest BCUT2D eigenvalue weighted by Gasteiger charge is 2.15. The second-order valence-corrected chi connectivity index (χ2v) is 7.29. The summed E-state index contributed by atoms with van der Waals surface area (Å²) in [7, 11) is 4.04. The molecule has 4 heteroatoms. The molecule has 0 saturated heterocycles. The van der Waals surface area contributed by atoms with Crippen LogP contribution in [0.2, 0.25) is 0 Å². The molecule has 0 unspecified atom stereocenters. The standard InChI is InChI=1S/C25H26N2O2/c1-27(2)23(17-19-9-5-3-6-10-19)18-26-25(29)22-15-13-21(14-16-22)24(28)20-11-7-4-8-12-20/h3-16,23H,17-18H2,1-2H3,(H,26,29)/t23-/m0/s1. The number of hydrogen-bond acceptors (Lipinski definition) is 3. The number of benzene rings is 3. The second kappa shape index (κ2) is 9.80. The summed E-state index contributed by atoms with van der Waals surface area (Å²) >= 11 is 0. The zero-order valence-corrected chi connectivity index (χ0v) is 16.8. The van der Waals surface area contributed by atoms with Gasteiger partial charge >= 0.3 is 0 Å². The van der Waals surface area contributed by atoms with E-state index < -0.39 is 0 Å². The molecular weight excluding hydrogens is 360 g/mol. The Hall–Kier alpha value is -3.24. The molecule has 29 heavy (non-hydrogen) atoms. The van der Waals surface area contributed by atoms with Gasteiger partial charge in [0.05, 0.1) is 0 Å². The molecule has 3 rings (SSSR count). The molecule has 0 radical (unpaired) electrons. The lowest BCUT2D eigenvalue weighted by Crippen LogP contribution is -2.41. The third kappa shape index (κ3) is 5.62. The number of nitrogens with one attached hydrogen (secondary N) is 1. The molecule has 0 saturated carbocycles. The van der Waals surface area contributed by atoms with Crippen LogP contribution in [0.4, 0.5) is 0 Å². The van der Waals surface area contributed by atoms with Crippen LogP contribution in [0.1, 0.15) is 31.8 Å². The molecule has 1 amide bonds. The second-order valence-electron chi connectivity index (χ2n) is 7.29. The molecule has 0 aromatic heterocycles. The molecule has 0 bridgehead atoms. The van der Waals surface area contributed by atoms with E-state index in [2.05, 4.69) is 22.3 Å². The zero-order valence-electron chi connectivity index (χ0n) is 16.8. The lowest BCUT2D eigenvalue weighted by atomic mass is 10.0. The number of amides is 1. The smallest absolute Gasteiger partial charge is 0.251 e. The summed E-state index contributed by atoms with van der Waals surface area (Å²) in [6, 6.07) is 26.4. The van der Waals surface area contributed by atoms with Crippen LogP contribution in [0, 0.1) is 0 Å². The fourth-order valence-corrected chi connectivity index (χ4v) is 3.17. The molecule has 3 aromatic carbocycles. The van der Waals surface area contributed by atoms with E-state index in [1.807, 2.05) is 50.5 Å². The average Bonchev–Trinajstić information content (AvgIpc) is 2.77. The molecule has 0 spiro atoms. The number of nitrogens with zero attached hydrogens (tertiary/aromatic N) is 1. The minimum absolute atomic E-state index is 0.0481.